The Morgan fingerprint density at radius 1 is 1.14 bits per heavy atom. The third-order valence-electron chi connectivity index (χ3n) is 4.45. The quantitative estimate of drug-likeness (QED) is 0.202. The van der Waals surface area contributed by atoms with Crippen molar-refractivity contribution in [3.63, 3.8) is 0 Å². The van der Waals surface area contributed by atoms with Gasteiger partial charge in [-0.05, 0) is 37.6 Å². The van der Waals surface area contributed by atoms with E-state index in [0.29, 0.717) is 25.5 Å². The van der Waals surface area contributed by atoms with Crippen molar-refractivity contribution in [3.8, 4) is 0 Å². The number of oxime groups is 1. The molecule has 3 rings (SSSR count). The average molecular weight is 383 g/mol. The van der Waals surface area contributed by atoms with Crippen LogP contribution in [0.4, 0.5) is 5.69 Å². The molecule has 0 aliphatic heterocycles. The van der Waals surface area contributed by atoms with Crippen molar-refractivity contribution >= 4 is 39.2 Å². The SMILES string of the molecule is CCOCCn1c2ccc(C(C)=NOC(C)=O)cc2c2cc([N+](=O)[O-])ccc21. The molecule has 0 saturated carbocycles. The Balaban J connectivity index is 2.18. The molecule has 1 aromatic heterocycles. The lowest BCUT2D eigenvalue weighted by molar-refractivity contribution is -0.384. The highest BCUT2D eigenvalue weighted by Gasteiger charge is 2.16. The highest BCUT2D eigenvalue weighted by atomic mass is 16.7. The number of carbonyl (C=O) groups is 1. The van der Waals surface area contributed by atoms with Crippen LogP contribution in [0.5, 0.6) is 0 Å². The van der Waals surface area contributed by atoms with Gasteiger partial charge in [0.15, 0.2) is 0 Å². The fraction of sp³-hybridized carbons (Fsp3) is 0.300. The maximum Gasteiger partial charge on any atom is 0.331 e. The van der Waals surface area contributed by atoms with Crippen LogP contribution in [0, 0.1) is 10.1 Å². The molecule has 28 heavy (non-hydrogen) atoms. The number of ether oxygens (including phenoxy) is 1. The molecule has 0 bridgehead atoms. The summed E-state index contributed by atoms with van der Waals surface area (Å²) in [5.41, 5.74) is 3.18. The molecule has 0 N–H and O–H groups in total. The van der Waals surface area contributed by atoms with Crippen molar-refractivity contribution in [2.75, 3.05) is 13.2 Å². The summed E-state index contributed by atoms with van der Waals surface area (Å²) in [6.07, 6.45) is 0. The second-order valence-corrected chi connectivity index (χ2v) is 6.30. The lowest BCUT2D eigenvalue weighted by atomic mass is 10.1. The largest absolute Gasteiger partial charge is 0.380 e. The van der Waals surface area contributed by atoms with Gasteiger partial charge < -0.3 is 14.1 Å². The molecule has 0 spiro atoms. The molecule has 8 heteroatoms. The first kappa shape index (κ1) is 19.5. The summed E-state index contributed by atoms with van der Waals surface area (Å²) in [7, 11) is 0. The molecular formula is C20H21N3O5. The number of nitro groups is 1. The van der Waals surface area contributed by atoms with Gasteiger partial charge in [0.25, 0.3) is 5.69 Å². The zero-order valence-electron chi connectivity index (χ0n) is 16.0. The van der Waals surface area contributed by atoms with Gasteiger partial charge in [-0.1, -0.05) is 11.2 Å². The van der Waals surface area contributed by atoms with Gasteiger partial charge in [0, 0.05) is 54.0 Å². The molecule has 8 nitrogen and oxygen atoms in total. The van der Waals surface area contributed by atoms with E-state index in [1.165, 1.54) is 13.0 Å². The summed E-state index contributed by atoms with van der Waals surface area (Å²) in [6, 6.07) is 10.6. The fourth-order valence-electron chi connectivity index (χ4n) is 3.16. The van der Waals surface area contributed by atoms with Gasteiger partial charge >= 0.3 is 5.97 Å². The van der Waals surface area contributed by atoms with Crippen LogP contribution in [0.3, 0.4) is 0 Å². The number of benzene rings is 2. The third-order valence-corrected chi connectivity index (χ3v) is 4.45. The molecule has 0 unspecified atom stereocenters. The maximum absolute atomic E-state index is 11.2. The van der Waals surface area contributed by atoms with Crippen molar-refractivity contribution in [1.29, 1.82) is 0 Å². The first-order chi connectivity index (χ1) is 13.4. The molecular weight excluding hydrogens is 362 g/mol. The Bertz CT molecular complexity index is 1080. The molecule has 0 amide bonds. The van der Waals surface area contributed by atoms with E-state index in [0.717, 1.165) is 27.4 Å². The van der Waals surface area contributed by atoms with Crippen LogP contribution in [0.15, 0.2) is 41.6 Å². The zero-order valence-corrected chi connectivity index (χ0v) is 16.0. The summed E-state index contributed by atoms with van der Waals surface area (Å²) < 4.78 is 7.58. The average Bonchev–Trinajstić information content (AvgIpc) is 2.98. The normalized spacial score (nSPS) is 11.9. The second kappa shape index (κ2) is 8.18. The summed E-state index contributed by atoms with van der Waals surface area (Å²) in [5.74, 6) is -0.497. The van der Waals surface area contributed by atoms with Crippen LogP contribution in [-0.4, -0.2) is 34.4 Å². The van der Waals surface area contributed by atoms with E-state index < -0.39 is 10.9 Å². The molecule has 1 heterocycles. The Morgan fingerprint density at radius 3 is 2.46 bits per heavy atom. The van der Waals surface area contributed by atoms with E-state index in [1.54, 1.807) is 19.1 Å². The molecule has 3 aromatic rings. The van der Waals surface area contributed by atoms with Gasteiger partial charge in [0.2, 0.25) is 0 Å². The first-order valence-electron chi connectivity index (χ1n) is 8.93. The summed E-state index contributed by atoms with van der Waals surface area (Å²) in [6.45, 7) is 6.75. The standard InChI is InChI=1S/C20H21N3O5/c1-4-27-10-9-22-19-7-5-15(13(2)21-28-14(3)24)11-17(19)18-12-16(23(25)26)6-8-20(18)22/h5-8,11-12H,4,9-10H2,1-3H3. The van der Waals surface area contributed by atoms with Crippen molar-refractivity contribution in [3.05, 3.63) is 52.1 Å². The third kappa shape index (κ3) is 3.86. The smallest absolute Gasteiger partial charge is 0.331 e. The number of hydrogen-bond donors (Lipinski definition) is 0. The number of nitro benzene ring substituents is 1. The second-order valence-electron chi connectivity index (χ2n) is 6.30. The van der Waals surface area contributed by atoms with Crippen molar-refractivity contribution < 1.29 is 19.3 Å². The van der Waals surface area contributed by atoms with Crippen LogP contribution in [0.2, 0.25) is 0 Å². The van der Waals surface area contributed by atoms with Gasteiger partial charge in [0.1, 0.15) is 0 Å². The van der Waals surface area contributed by atoms with Crippen LogP contribution in [-0.2, 0) is 20.9 Å². The van der Waals surface area contributed by atoms with Crippen molar-refractivity contribution in [2.24, 2.45) is 5.16 Å². The molecule has 0 fully saturated rings. The minimum atomic E-state index is -0.497. The Labute approximate surface area is 161 Å². The van der Waals surface area contributed by atoms with Crippen molar-refractivity contribution in [1.82, 2.24) is 4.57 Å². The van der Waals surface area contributed by atoms with E-state index in [1.807, 2.05) is 25.1 Å². The number of non-ortho nitro benzene ring substituents is 1. The molecule has 2 aromatic carbocycles. The zero-order chi connectivity index (χ0) is 20.3. The van der Waals surface area contributed by atoms with Crippen molar-refractivity contribution in [2.45, 2.75) is 27.3 Å². The number of hydrogen-bond acceptors (Lipinski definition) is 6. The van der Waals surface area contributed by atoms with E-state index in [9.17, 15) is 14.9 Å². The lowest BCUT2D eigenvalue weighted by Gasteiger charge is -2.08. The van der Waals surface area contributed by atoms with Gasteiger partial charge in [-0.25, -0.2) is 4.79 Å². The van der Waals surface area contributed by atoms with E-state index in [4.69, 9.17) is 9.57 Å². The van der Waals surface area contributed by atoms with E-state index in [2.05, 4.69) is 9.72 Å². The highest BCUT2D eigenvalue weighted by molar-refractivity contribution is 6.12. The molecule has 0 aliphatic carbocycles. The van der Waals surface area contributed by atoms with E-state index >= 15 is 0 Å². The fourth-order valence-corrected chi connectivity index (χ4v) is 3.16. The summed E-state index contributed by atoms with van der Waals surface area (Å²) in [5, 5.41) is 16.7. The number of fused-ring (bicyclic) bond motifs is 3. The van der Waals surface area contributed by atoms with Gasteiger partial charge in [-0.2, -0.15) is 0 Å². The van der Waals surface area contributed by atoms with Crippen LogP contribution < -0.4 is 0 Å². The Hall–Kier alpha value is -3.26. The number of aromatic nitrogens is 1. The summed E-state index contributed by atoms with van der Waals surface area (Å²) >= 11 is 0. The number of nitrogens with zero attached hydrogens (tertiary/aromatic N) is 3. The topological polar surface area (TPSA) is 96.0 Å². The first-order valence-corrected chi connectivity index (χ1v) is 8.93. The van der Waals surface area contributed by atoms with Gasteiger partial charge in [0.05, 0.1) is 17.2 Å². The van der Waals surface area contributed by atoms with Gasteiger partial charge in [-0.3, -0.25) is 10.1 Å². The molecule has 0 atom stereocenters. The lowest BCUT2D eigenvalue weighted by Crippen LogP contribution is -2.05. The monoisotopic (exact) mass is 383 g/mol. The molecule has 0 radical (unpaired) electrons. The number of carbonyl (C=O) groups excluding carboxylic acids is 1. The Kier molecular flexibility index (Phi) is 5.70. The minimum absolute atomic E-state index is 0.0343. The Morgan fingerprint density at radius 2 is 1.82 bits per heavy atom. The van der Waals surface area contributed by atoms with Crippen LogP contribution in [0.25, 0.3) is 21.8 Å². The number of rotatable bonds is 7. The van der Waals surface area contributed by atoms with E-state index in [-0.39, 0.29) is 5.69 Å². The minimum Gasteiger partial charge on any atom is -0.380 e. The predicted octanol–water partition coefficient (Wildman–Crippen LogP) is 4.03. The van der Waals surface area contributed by atoms with Crippen LogP contribution in [0.1, 0.15) is 26.3 Å². The molecule has 146 valence electrons. The van der Waals surface area contributed by atoms with Crippen LogP contribution >= 0.6 is 0 Å². The highest BCUT2D eigenvalue weighted by Crippen LogP contribution is 2.32. The maximum atomic E-state index is 11.2. The predicted molar refractivity (Wildman–Crippen MR) is 107 cm³/mol. The molecule has 0 aliphatic rings. The summed E-state index contributed by atoms with van der Waals surface area (Å²) in [4.78, 5) is 26.5. The van der Waals surface area contributed by atoms with Gasteiger partial charge in [-0.15, -0.1) is 0 Å². The molecule has 0 saturated heterocycles.